The second-order valence-corrected chi connectivity index (χ2v) is 9.69. The number of rotatable bonds is 5. The molecule has 10 nitrogen and oxygen atoms in total. The zero-order valence-electron chi connectivity index (χ0n) is 17.8. The van der Waals surface area contributed by atoms with Crippen molar-refractivity contribution in [2.75, 3.05) is 44.3 Å². The Morgan fingerprint density at radius 3 is 2.58 bits per heavy atom. The summed E-state index contributed by atoms with van der Waals surface area (Å²) in [5, 5.41) is 13.1. The predicted octanol–water partition coefficient (Wildman–Crippen LogP) is 2.27. The van der Waals surface area contributed by atoms with E-state index < -0.39 is 23.8 Å². The summed E-state index contributed by atoms with van der Waals surface area (Å²) >= 11 is 13.4. The fraction of sp³-hybridized carbons (Fsp3) is 0.500. The van der Waals surface area contributed by atoms with Gasteiger partial charge in [-0.25, -0.2) is 9.78 Å². The molecule has 0 unspecified atom stereocenters. The van der Waals surface area contributed by atoms with Crippen LogP contribution >= 0.6 is 34.5 Å². The van der Waals surface area contributed by atoms with Crippen molar-refractivity contribution in [2.45, 2.75) is 19.4 Å². The second-order valence-electron chi connectivity index (χ2n) is 7.92. The largest absolute Gasteiger partial charge is 0.477 e. The molecule has 4 rings (SSSR count). The Morgan fingerprint density at radius 2 is 1.97 bits per heavy atom. The highest BCUT2D eigenvalue weighted by molar-refractivity contribution is 7.17. The number of anilines is 1. The molecular weight excluding hydrogens is 493 g/mol. The summed E-state index contributed by atoms with van der Waals surface area (Å²) in [6, 6.07) is -0.443. The number of hydrogen-bond donors (Lipinski definition) is 3. The third-order valence-electron chi connectivity index (χ3n) is 5.83. The number of nitrogens with zero attached hydrogens (tertiary/aromatic N) is 3. The number of carboxylic acids is 1. The first-order valence-corrected chi connectivity index (χ1v) is 12.0. The Morgan fingerprint density at radius 1 is 1.24 bits per heavy atom. The summed E-state index contributed by atoms with van der Waals surface area (Å²) in [7, 11) is 0. The number of aryl methyl sites for hydroxylation is 1. The third kappa shape index (κ3) is 4.96. The molecule has 0 saturated carbocycles. The van der Waals surface area contributed by atoms with Crippen LogP contribution in [0, 0.1) is 12.8 Å². The molecule has 0 radical (unpaired) electrons. The van der Waals surface area contributed by atoms with Gasteiger partial charge >= 0.3 is 5.97 Å². The number of amides is 2. The van der Waals surface area contributed by atoms with Gasteiger partial charge in [0.15, 0.2) is 5.13 Å². The van der Waals surface area contributed by atoms with Crippen LogP contribution in [0.5, 0.6) is 0 Å². The first kappa shape index (κ1) is 23.8. The number of nitrogens with one attached hydrogen (secondary N) is 2. The summed E-state index contributed by atoms with van der Waals surface area (Å²) in [6.45, 7) is 4.40. The summed E-state index contributed by atoms with van der Waals surface area (Å²) < 4.78 is 5.36. The predicted molar refractivity (Wildman–Crippen MR) is 124 cm³/mol. The Kier molecular flexibility index (Phi) is 7.13. The van der Waals surface area contributed by atoms with Crippen LogP contribution in [-0.2, 0) is 9.53 Å². The molecule has 4 heterocycles. The van der Waals surface area contributed by atoms with Crippen LogP contribution in [-0.4, -0.2) is 83.2 Å². The van der Waals surface area contributed by atoms with Crippen molar-refractivity contribution >= 4 is 57.5 Å². The lowest BCUT2D eigenvalue weighted by atomic mass is 9.90. The first-order chi connectivity index (χ1) is 15.8. The van der Waals surface area contributed by atoms with Gasteiger partial charge in [0.05, 0.1) is 35.4 Å². The Labute approximate surface area is 203 Å². The molecular formula is C20H23Cl2N5O5S. The SMILES string of the molecule is Cc1[nH]c(C(=O)N[C@@H]2CCN(c3ncc(C(=O)O)s3)C[C@@H]2C(=O)N2CCOCC2)c(Cl)c1Cl. The Hall–Kier alpha value is -2.34. The van der Waals surface area contributed by atoms with E-state index in [2.05, 4.69) is 15.3 Å². The van der Waals surface area contributed by atoms with Crippen LogP contribution in [0.3, 0.4) is 0 Å². The van der Waals surface area contributed by atoms with Crippen LogP contribution in [0.4, 0.5) is 5.13 Å². The van der Waals surface area contributed by atoms with Crippen molar-refractivity contribution in [3.8, 4) is 0 Å². The van der Waals surface area contributed by atoms with Gasteiger partial charge in [-0.15, -0.1) is 0 Å². The van der Waals surface area contributed by atoms with E-state index >= 15 is 0 Å². The minimum absolute atomic E-state index is 0.0879. The fourth-order valence-electron chi connectivity index (χ4n) is 4.05. The summed E-state index contributed by atoms with van der Waals surface area (Å²) in [6.07, 6.45) is 1.79. The number of aromatic nitrogens is 2. The number of morpholine rings is 1. The van der Waals surface area contributed by atoms with Gasteiger partial charge in [0.2, 0.25) is 5.91 Å². The molecule has 2 fully saturated rings. The van der Waals surface area contributed by atoms with Crippen molar-refractivity contribution in [2.24, 2.45) is 5.92 Å². The van der Waals surface area contributed by atoms with Crippen molar-refractivity contribution < 1.29 is 24.2 Å². The molecule has 33 heavy (non-hydrogen) atoms. The van der Waals surface area contributed by atoms with E-state index in [4.69, 9.17) is 27.9 Å². The van der Waals surface area contributed by atoms with E-state index in [0.29, 0.717) is 56.6 Å². The molecule has 0 spiro atoms. The molecule has 2 aliphatic heterocycles. The zero-order valence-corrected chi connectivity index (χ0v) is 20.1. The monoisotopic (exact) mass is 515 g/mol. The van der Waals surface area contributed by atoms with Crippen LogP contribution in [0.2, 0.25) is 10.0 Å². The maximum atomic E-state index is 13.4. The smallest absolute Gasteiger partial charge is 0.347 e. The lowest BCUT2D eigenvalue weighted by Crippen LogP contribution is -2.57. The number of carbonyl (C=O) groups is 3. The highest BCUT2D eigenvalue weighted by Gasteiger charge is 2.39. The molecule has 0 aromatic carbocycles. The molecule has 0 aliphatic carbocycles. The number of aromatic carboxylic acids is 1. The van der Waals surface area contributed by atoms with E-state index in [1.54, 1.807) is 11.8 Å². The molecule has 2 aromatic heterocycles. The number of halogens is 2. The highest BCUT2D eigenvalue weighted by Crippen LogP contribution is 2.31. The minimum Gasteiger partial charge on any atom is -0.477 e. The highest BCUT2D eigenvalue weighted by atomic mass is 35.5. The van der Waals surface area contributed by atoms with Crippen molar-refractivity contribution in [1.82, 2.24) is 20.2 Å². The number of piperidine rings is 1. The minimum atomic E-state index is -1.04. The molecule has 2 saturated heterocycles. The molecule has 0 bridgehead atoms. The van der Waals surface area contributed by atoms with Gasteiger partial charge < -0.3 is 29.9 Å². The van der Waals surface area contributed by atoms with Gasteiger partial charge in [0.25, 0.3) is 5.91 Å². The van der Waals surface area contributed by atoms with Crippen molar-refractivity contribution in [3.63, 3.8) is 0 Å². The molecule has 13 heteroatoms. The van der Waals surface area contributed by atoms with Gasteiger partial charge in [-0.05, 0) is 13.3 Å². The van der Waals surface area contributed by atoms with E-state index in [9.17, 15) is 19.5 Å². The average Bonchev–Trinajstić information content (AvgIpc) is 3.41. The Bertz CT molecular complexity index is 1070. The van der Waals surface area contributed by atoms with Gasteiger partial charge in [-0.3, -0.25) is 9.59 Å². The molecule has 178 valence electrons. The maximum absolute atomic E-state index is 13.4. The molecule has 3 N–H and O–H groups in total. The van der Waals surface area contributed by atoms with Crippen LogP contribution in [0.1, 0.15) is 32.3 Å². The molecule has 2 aromatic rings. The summed E-state index contributed by atoms with van der Waals surface area (Å²) in [5.41, 5.74) is 0.741. The standard InChI is InChI=1S/C20H23Cl2N5O5S/c1-10-14(21)15(22)16(24-10)17(28)25-12-2-3-27(20-23-8-13(33-20)19(30)31)9-11(12)18(29)26-4-6-32-7-5-26/h8,11-12,24H,2-7,9H2,1H3,(H,25,28)(H,30,31)/t11-,12+/m0/s1. The second kappa shape index (κ2) is 9.88. The normalized spacial score (nSPS) is 21.2. The number of carbonyl (C=O) groups excluding carboxylic acids is 2. The lowest BCUT2D eigenvalue weighted by molar-refractivity contribution is -0.140. The van der Waals surface area contributed by atoms with E-state index in [0.717, 1.165) is 11.3 Å². The fourth-order valence-corrected chi connectivity index (χ4v) is 5.25. The number of aromatic amines is 1. The topological polar surface area (TPSA) is 128 Å². The van der Waals surface area contributed by atoms with Crippen molar-refractivity contribution in [3.05, 3.63) is 32.5 Å². The summed E-state index contributed by atoms with van der Waals surface area (Å²) in [5.74, 6) is -2.12. The van der Waals surface area contributed by atoms with Gasteiger partial charge in [0.1, 0.15) is 10.6 Å². The number of hydrogen-bond acceptors (Lipinski definition) is 7. The quantitative estimate of drug-likeness (QED) is 0.556. The third-order valence-corrected chi connectivity index (χ3v) is 7.82. The van der Waals surface area contributed by atoms with Crippen LogP contribution in [0.15, 0.2) is 6.20 Å². The zero-order chi connectivity index (χ0) is 23.7. The van der Waals surface area contributed by atoms with Gasteiger partial charge in [-0.2, -0.15) is 0 Å². The van der Waals surface area contributed by atoms with E-state index in [1.807, 2.05) is 4.90 Å². The summed E-state index contributed by atoms with van der Waals surface area (Å²) in [4.78, 5) is 48.5. The van der Waals surface area contributed by atoms with Gasteiger partial charge in [0, 0.05) is 37.9 Å². The molecule has 2 amide bonds. The number of thiazole rings is 1. The molecule has 2 aliphatic rings. The van der Waals surface area contributed by atoms with E-state index in [1.165, 1.54) is 6.20 Å². The average molecular weight is 516 g/mol. The number of carboxylic acid groups (broad SMARTS) is 1. The number of ether oxygens (including phenoxy) is 1. The first-order valence-electron chi connectivity index (χ1n) is 10.4. The molecule has 2 atom stereocenters. The van der Waals surface area contributed by atoms with Crippen molar-refractivity contribution in [1.29, 1.82) is 0 Å². The lowest BCUT2D eigenvalue weighted by Gasteiger charge is -2.40. The Balaban J connectivity index is 1.55. The van der Waals surface area contributed by atoms with Crippen LogP contribution in [0.25, 0.3) is 0 Å². The number of H-pyrrole nitrogens is 1. The van der Waals surface area contributed by atoms with Gasteiger partial charge in [-0.1, -0.05) is 34.5 Å². The van der Waals surface area contributed by atoms with E-state index in [-0.39, 0.29) is 26.5 Å². The van der Waals surface area contributed by atoms with Crippen LogP contribution < -0.4 is 10.2 Å². The maximum Gasteiger partial charge on any atom is 0.347 e.